The number of nitrogens with zero attached hydrogens (tertiary/aromatic N) is 1. The van der Waals surface area contributed by atoms with E-state index in [-0.39, 0.29) is 0 Å². The fourth-order valence-corrected chi connectivity index (χ4v) is 1.59. The van der Waals surface area contributed by atoms with Crippen LogP contribution in [-0.2, 0) is 0 Å². The molecule has 1 heterocycles. The van der Waals surface area contributed by atoms with E-state index in [0.29, 0.717) is 0 Å². The van der Waals surface area contributed by atoms with E-state index in [1.807, 2.05) is 31.2 Å². The van der Waals surface area contributed by atoms with Gasteiger partial charge in [0.25, 0.3) is 0 Å². The number of aromatic amines is 1. The fourth-order valence-electron chi connectivity index (χ4n) is 1.59. The van der Waals surface area contributed by atoms with E-state index in [2.05, 4.69) is 17.1 Å². The highest BCUT2D eigenvalue weighted by Crippen LogP contribution is 2.30. The molecule has 78 valence electrons. The van der Waals surface area contributed by atoms with Gasteiger partial charge in [-0.3, -0.25) is 5.10 Å². The fraction of sp³-hybridized carbons (Fsp3) is 0.250. The number of rotatable bonds is 2. The lowest BCUT2D eigenvalue weighted by molar-refractivity contribution is 0.416. The number of hydrogen-bond acceptors (Lipinski definition) is 2. The predicted octanol–water partition coefficient (Wildman–Crippen LogP) is 2.70. The van der Waals surface area contributed by atoms with Gasteiger partial charge in [-0.05, 0) is 31.5 Å². The summed E-state index contributed by atoms with van der Waals surface area (Å²) >= 11 is 0. The van der Waals surface area contributed by atoms with Crippen LogP contribution in [0.25, 0.3) is 11.3 Å². The minimum Gasteiger partial charge on any atom is -0.496 e. The van der Waals surface area contributed by atoms with E-state index in [1.165, 1.54) is 5.56 Å². The summed E-state index contributed by atoms with van der Waals surface area (Å²) in [7, 11) is 1.67. The smallest absolute Gasteiger partial charge is 0.128 e. The van der Waals surface area contributed by atoms with Gasteiger partial charge in [0, 0.05) is 11.3 Å². The molecule has 0 saturated carbocycles. The number of ether oxygens (including phenoxy) is 1. The van der Waals surface area contributed by atoms with Crippen molar-refractivity contribution < 1.29 is 4.74 Å². The van der Waals surface area contributed by atoms with E-state index in [1.54, 1.807) is 7.11 Å². The van der Waals surface area contributed by atoms with Crippen LogP contribution in [-0.4, -0.2) is 17.3 Å². The Morgan fingerprint density at radius 1 is 1.20 bits per heavy atom. The second kappa shape index (κ2) is 3.77. The Hall–Kier alpha value is -1.77. The highest BCUT2D eigenvalue weighted by Gasteiger charge is 2.11. The summed E-state index contributed by atoms with van der Waals surface area (Å²) in [6.45, 7) is 4.07. The van der Waals surface area contributed by atoms with Crippen molar-refractivity contribution in [2.24, 2.45) is 0 Å². The predicted molar refractivity (Wildman–Crippen MR) is 60.0 cm³/mol. The third-order valence-electron chi connectivity index (χ3n) is 2.62. The molecule has 2 rings (SSSR count). The minimum absolute atomic E-state index is 0.854. The Labute approximate surface area is 89.1 Å². The molecule has 0 saturated heterocycles. The summed E-state index contributed by atoms with van der Waals surface area (Å²) in [5.41, 5.74) is 4.25. The van der Waals surface area contributed by atoms with Crippen LogP contribution >= 0.6 is 0 Å². The maximum Gasteiger partial charge on any atom is 0.128 e. The monoisotopic (exact) mass is 202 g/mol. The first-order valence-corrected chi connectivity index (χ1v) is 4.89. The summed E-state index contributed by atoms with van der Waals surface area (Å²) in [5.74, 6) is 0.854. The zero-order chi connectivity index (χ0) is 10.8. The molecule has 0 atom stereocenters. The van der Waals surface area contributed by atoms with Gasteiger partial charge in [0.1, 0.15) is 5.75 Å². The summed E-state index contributed by atoms with van der Waals surface area (Å²) in [6, 6.07) is 7.90. The zero-order valence-electron chi connectivity index (χ0n) is 9.16. The van der Waals surface area contributed by atoms with Gasteiger partial charge in [0.15, 0.2) is 0 Å². The Morgan fingerprint density at radius 2 is 1.93 bits per heavy atom. The summed E-state index contributed by atoms with van der Waals surface area (Å²) in [5, 5.41) is 7.27. The average Bonchev–Trinajstić information content (AvgIpc) is 2.60. The number of hydrogen-bond donors (Lipinski definition) is 1. The van der Waals surface area contributed by atoms with Crippen LogP contribution in [0, 0.1) is 13.8 Å². The molecule has 1 aromatic heterocycles. The number of benzene rings is 1. The summed E-state index contributed by atoms with van der Waals surface area (Å²) in [6.07, 6.45) is 0. The maximum absolute atomic E-state index is 5.31. The number of methoxy groups -OCH3 is 1. The quantitative estimate of drug-likeness (QED) is 0.813. The molecule has 0 aliphatic carbocycles. The van der Waals surface area contributed by atoms with Crippen LogP contribution in [0.2, 0.25) is 0 Å². The molecule has 0 bridgehead atoms. The lowest BCUT2D eigenvalue weighted by Gasteiger charge is -2.06. The van der Waals surface area contributed by atoms with Gasteiger partial charge >= 0.3 is 0 Å². The normalized spacial score (nSPS) is 10.3. The molecular formula is C12H14N2O. The Kier molecular flexibility index (Phi) is 2.46. The highest BCUT2D eigenvalue weighted by atomic mass is 16.5. The van der Waals surface area contributed by atoms with Gasteiger partial charge < -0.3 is 4.74 Å². The van der Waals surface area contributed by atoms with Crippen molar-refractivity contribution in [3.8, 4) is 17.0 Å². The van der Waals surface area contributed by atoms with Crippen molar-refractivity contribution in [2.45, 2.75) is 13.8 Å². The van der Waals surface area contributed by atoms with Gasteiger partial charge in [-0.25, -0.2) is 0 Å². The van der Waals surface area contributed by atoms with Gasteiger partial charge in [0.2, 0.25) is 0 Å². The van der Waals surface area contributed by atoms with Crippen molar-refractivity contribution in [3.05, 3.63) is 35.5 Å². The third-order valence-corrected chi connectivity index (χ3v) is 2.62. The van der Waals surface area contributed by atoms with Crippen molar-refractivity contribution in [2.75, 3.05) is 7.11 Å². The Morgan fingerprint density at radius 3 is 2.53 bits per heavy atom. The van der Waals surface area contributed by atoms with Gasteiger partial charge in [-0.1, -0.05) is 12.1 Å². The summed E-state index contributed by atoms with van der Waals surface area (Å²) < 4.78 is 5.31. The van der Waals surface area contributed by atoms with Gasteiger partial charge in [-0.2, -0.15) is 5.10 Å². The second-order valence-electron chi connectivity index (χ2n) is 3.52. The molecule has 0 amide bonds. The molecule has 0 radical (unpaired) electrons. The molecule has 0 fully saturated rings. The van der Waals surface area contributed by atoms with Crippen molar-refractivity contribution in [1.29, 1.82) is 0 Å². The molecule has 0 aliphatic heterocycles. The minimum atomic E-state index is 0.854. The summed E-state index contributed by atoms with van der Waals surface area (Å²) in [4.78, 5) is 0. The van der Waals surface area contributed by atoms with Crippen LogP contribution in [0.4, 0.5) is 0 Å². The molecule has 1 N–H and O–H groups in total. The van der Waals surface area contributed by atoms with Crippen molar-refractivity contribution >= 4 is 0 Å². The molecule has 2 aromatic rings. The molecule has 0 spiro atoms. The lowest BCUT2D eigenvalue weighted by Crippen LogP contribution is -1.88. The molecule has 15 heavy (non-hydrogen) atoms. The molecule has 1 aromatic carbocycles. The van der Waals surface area contributed by atoms with E-state index in [4.69, 9.17) is 4.74 Å². The molecular weight excluding hydrogens is 188 g/mol. The van der Waals surface area contributed by atoms with E-state index in [0.717, 1.165) is 22.7 Å². The van der Waals surface area contributed by atoms with Crippen LogP contribution in [0.1, 0.15) is 11.3 Å². The van der Waals surface area contributed by atoms with Crippen LogP contribution in [0.5, 0.6) is 5.75 Å². The topological polar surface area (TPSA) is 37.9 Å². The third kappa shape index (κ3) is 1.61. The second-order valence-corrected chi connectivity index (χ2v) is 3.52. The number of H-pyrrole nitrogens is 1. The average molecular weight is 202 g/mol. The Bertz CT molecular complexity index is 474. The number of para-hydroxylation sites is 1. The molecule has 3 heteroatoms. The van der Waals surface area contributed by atoms with Gasteiger partial charge in [-0.15, -0.1) is 0 Å². The van der Waals surface area contributed by atoms with E-state index in [9.17, 15) is 0 Å². The highest BCUT2D eigenvalue weighted by molar-refractivity contribution is 5.70. The van der Waals surface area contributed by atoms with E-state index >= 15 is 0 Å². The molecule has 0 unspecified atom stereocenters. The number of aryl methyl sites for hydroxylation is 1. The largest absolute Gasteiger partial charge is 0.496 e. The van der Waals surface area contributed by atoms with Crippen LogP contribution < -0.4 is 4.74 Å². The first-order valence-electron chi connectivity index (χ1n) is 4.89. The maximum atomic E-state index is 5.31. The molecule has 3 nitrogen and oxygen atoms in total. The first kappa shape index (κ1) is 9.77. The van der Waals surface area contributed by atoms with Crippen LogP contribution in [0.3, 0.4) is 0 Å². The van der Waals surface area contributed by atoms with Crippen LogP contribution in [0.15, 0.2) is 24.3 Å². The van der Waals surface area contributed by atoms with E-state index < -0.39 is 0 Å². The number of nitrogens with one attached hydrogen (secondary N) is 1. The molecule has 0 aliphatic rings. The van der Waals surface area contributed by atoms with Gasteiger partial charge in [0.05, 0.1) is 12.8 Å². The number of aromatic nitrogens is 2. The van der Waals surface area contributed by atoms with Crippen molar-refractivity contribution in [1.82, 2.24) is 10.2 Å². The SMILES string of the molecule is COc1ccccc1-c1n[nH]c(C)c1C. The first-order chi connectivity index (χ1) is 7.24. The standard InChI is InChI=1S/C12H14N2O/c1-8-9(2)13-14-12(8)10-6-4-5-7-11(10)15-3/h4-7H,1-3H3,(H,13,14). The lowest BCUT2D eigenvalue weighted by atomic mass is 10.1. The zero-order valence-corrected chi connectivity index (χ0v) is 9.16. The van der Waals surface area contributed by atoms with Crippen molar-refractivity contribution in [3.63, 3.8) is 0 Å². The Balaban J connectivity index is 2.58.